The fourth-order valence-electron chi connectivity index (χ4n) is 3.45. The van der Waals surface area contributed by atoms with E-state index < -0.39 is 11.7 Å². The molecule has 3 N–H and O–H groups in total. The summed E-state index contributed by atoms with van der Waals surface area (Å²) in [6.07, 6.45) is 2.58. The van der Waals surface area contributed by atoms with Gasteiger partial charge in [0.15, 0.2) is 0 Å². The van der Waals surface area contributed by atoms with Gasteiger partial charge in [-0.05, 0) is 60.5 Å². The zero-order valence-electron chi connectivity index (χ0n) is 16.4. The van der Waals surface area contributed by atoms with Crippen molar-refractivity contribution in [1.29, 1.82) is 0 Å². The van der Waals surface area contributed by atoms with Gasteiger partial charge in [0, 0.05) is 17.4 Å². The van der Waals surface area contributed by atoms with Crippen LogP contribution in [0.1, 0.15) is 38.9 Å². The number of hydrogen-bond donors (Lipinski definition) is 2. The standard InChI is InChI=1S/C24H20FN3O2/c1-2-15-6-12-18(13-7-15)27-24(30)20-19-5-3-4-14-28(19)22(21(20)26)23(29)16-8-10-17(25)11-9-16/h3-14H,2,26H2,1H3,(H,27,30). The van der Waals surface area contributed by atoms with Gasteiger partial charge in [-0.15, -0.1) is 0 Å². The van der Waals surface area contributed by atoms with Gasteiger partial charge in [-0.1, -0.05) is 25.1 Å². The quantitative estimate of drug-likeness (QED) is 0.476. The van der Waals surface area contributed by atoms with E-state index in [1.54, 1.807) is 28.8 Å². The van der Waals surface area contributed by atoms with E-state index in [2.05, 4.69) is 12.2 Å². The Morgan fingerprint density at radius 3 is 2.37 bits per heavy atom. The molecule has 6 heteroatoms. The van der Waals surface area contributed by atoms with Crippen molar-refractivity contribution in [3.8, 4) is 0 Å². The number of benzene rings is 2. The fraction of sp³-hybridized carbons (Fsp3) is 0.0833. The SMILES string of the molecule is CCc1ccc(NC(=O)c2c(N)c(C(=O)c3ccc(F)cc3)n3ccccc23)cc1. The Bertz CT molecular complexity index is 1240. The number of nitrogen functional groups attached to an aromatic ring is 1. The van der Waals surface area contributed by atoms with Gasteiger partial charge in [-0.2, -0.15) is 0 Å². The normalized spacial score (nSPS) is 10.9. The van der Waals surface area contributed by atoms with Gasteiger partial charge in [0.2, 0.25) is 5.78 Å². The maximum Gasteiger partial charge on any atom is 0.259 e. The summed E-state index contributed by atoms with van der Waals surface area (Å²) in [5.74, 6) is -1.23. The number of carbonyl (C=O) groups excluding carboxylic acids is 2. The van der Waals surface area contributed by atoms with E-state index in [0.717, 1.165) is 12.0 Å². The largest absolute Gasteiger partial charge is 0.396 e. The van der Waals surface area contributed by atoms with E-state index in [-0.39, 0.29) is 28.3 Å². The Labute approximate surface area is 173 Å². The average molecular weight is 401 g/mol. The highest BCUT2D eigenvalue weighted by Crippen LogP contribution is 2.29. The Balaban J connectivity index is 1.77. The lowest BCUT2D eigenvalue weighted by Gasteiger charge is -2.06. The fourth-order valence-corrected chi connectivity index (χ4v) is 3.45. The molecular weight excluding hydrogens is 381 g/mol. The van der Waals surface area contributed by atoms with Gasteiger partial charge < -0.3 is 15.5 Å². The van der Waals surface area contributed by atoms with Crippen LogP contribution in [0.5, 0.6) is 0 Å². The number of nitrogens with two attached hydrogens (primary N) is 1. The minimum Gasteiger partial charge on any atom is -0.396 e. The van der Waals surface area contributed by atoms with Crippen molar-refractivity contribution in [3.63, 3.8) is 0 Å². The van der Waals surface area contributed by atoms with Crippen LogP contribution in [0.2, 0.25) is 0 Å². The summed E-state index contributed by atoms with van der Waals surface area (Å²) in [5, 5.41) is 2.85. The van der Waals surface area contributed by atoms with Crippen LogP contribution < -0.4 is 11.1 Å². The molecule has 0 aliphatic heterocycles. The third kappa shape index (κ3) is 3.43. The number of carbonyl (C=O) groups is 2. The van der Waals surface area contributed by atoms with Gasteiger partial charge in [0.05, 0.1) is 16.8 Å². The van der Waals surface area contributed by atoms with Crippen LogP contribution in [0.4, 0.5) is 15.8 Å². The van der Waals surface area contributed by atoms with E-state index in [1.165, 1.54) is 24.3 Å². The highest BCUT2D eigenvalue weighted by molar-refractivity contribution is 6.20. The number of pyridine rings is 1. The van der Waals surface area contributed by atoms with Crippen molar-refractivity contribution < 1.29 is 14.0 Å². The molecule has 0 spiro atoms. The molecule has 1 amide bonds. The Hall–Kier alpha value is -3.93. The molecule has 0 atom stereocenters. The minimum atomic E-state index is -0.436. The number of nitrogens with one attached hydrogen (secondary N) is 1. The van der Waals surface area contributed by atoms with Crippen LogP contribution >= 0.6 is 0 Å². The maximum atomic E-state index is 13.3. The molecule has 2 heterocycles. The van der Waals surface area contributed by atoms with Gasteiger partial charge in [0.25, 0.3) is 5.91 Å². The highest BCUT2D eigenvalue weighted by atomic mass is 19.1. The molecule has 0 unspecified atom stereocenters. The van der Waals surface area contributed by atoms with Crippen LogP contribution in [0.3, 0.4) is 0 Å². The smallest absolute Gasteiger partial charge is 0.259 e. The number of aromatic nitrogens is 1. The number of aryl methyl sites for hydroxylation is 1. The topological polar surface area (TPSA) is 76.6 Å². The average Bonchev–Trinajstić information content (AvgIpc) is 3.06. The predicted octanol–water partition coefficient (Wildman–Crippen LogP) is 4.71. The molecule has 4 aromatic rings. The summed E-state index contributed by atoms with van der Waals surface area (Å²) in [7, 11) is 0. The molecule has 0 bridgehead atoms. The van der Waals surface area contributed by atoms with Crippen molar-refractivity contribution in [2.75, 3.05) is 11.1 Å². The monoisotopic (exact) mass is 401 g/mol. The second-order valence-electron chi connectivity index (χ2n) is 6.93. The first-order valence-electron chi connectivity index (χ1n) is 9.58. The van der Waals surface area contributed by atoms with Gasteiger partial charge in [-0.3, -0.25) is 9.59 Å². The minimum absolute atomic E-state index is 0.0817. The molecule has 0 radical (unpaired) electrons. The summed E-state index contributed by atoms with van der Waals surface area (Å²) in [6.45, 7) is 2.06. The Morgan fingerprint density at radius 2 is 1.70 bits per heavy atom. The van der Waals surface area contributed by atoms with Crippen molar-refractivity contribution in [1.82, 2.24) is 4.40 Å². The van der Waals surface area contributed by atoms with Crippen molar-refractivity contribution in [2.24, 2.45) is 0 Å². The maximum absolute atomic E-state index is 13.3. The molecule has 0 aliphatic carbocycles. The molecule has 30 heavy (non-hydrogen) atoms. The number of anilines is 2. The van der Waals surface area contributed by atoms with Crippen LogP contribution in [-0.2, 0) is 6.42 Å². The molecular formula is C24H20FN3O2. The molecule has 0 saturated heterocycles. The van der Waals surface area contributed by atoms with Crippen molar-refractivity contribution >= 4 is 28.6 Å². The first-order valence-corrected chi connectivity index (χ1v) is 9.58. The van der Waals surface area contributed by atoms with E-state index in [1.807, 2.05) is 24.3 Å². The number of amides is 1. The summed E-state index contributed by atoms with van der Waals surface area (Å²) >= 11 is 0. The first-order chi connectivity index (χ1) is 14.5. The van der Waals surface area contributed by atoms with Crippen LogP contribution in [0.25, 0.3) is 5.52 Å². The predicted molar refractivity (Wildman–Crippen MR) is 115 cm³/mol. The summed E-state index contributed by atoms with van der Waals surface area (Å²) in [6, 6.07) is 18.0. The lowest BCUT2D eigenvalue weighted by molar-refractivity contribution is 0.102. The lowest BCUT2D eigenvalue weighted by atomic mass is 10.1. The molecule has 4 rings (SSSR count). The number of rotatable bonds is 5. The first kappa shape index (κ1) is 19.4. The number of nitrogens with zero attached hydrogens (tertiary/aromatic N) is 1. The molecule has 0 saturated carbocycles. The Morgan fingerprint density at radius 1 is 1.00 bits per heavy atom. The van der Waals surface area contributed by atoms with Crippen LogP contribution in [0.15, 0.2) is 72.9 Å². The summed E-state index contributed by atoms with van der Waals surface area (Å²) < 4.78 is 14.8. The van der Waals surface area contributed by atoms with Gasteiger partial charge in [-0.25, -0.2) is 4.39 Å². The number of ketones is 1. The molecule has 5 nitrogen and oxygen atoms in total. The summed E-state index contributed by atoms with van der Waals surface area (Å²) in [5.41, 5.74) is 9.38. The lowest BCUT2D eigenvalue weighted by Crippen LogP contribution is -2.14. The third-order valence-corrected chi connectivity index (χ3v) is 5.05. The summed E-state index contributed by atoms with van der Waals surface area (Å²) in [4.78, 5) is 26.2. The van der Waals surface area contributed by atoms with Gasteiger partial charge >= 0.3 is 0 Å². The van der Waals surface area contributed by atoms with E-state index in [0.29, 0.717) is 11.2 Å². The second kappa shape index (κ2) is 7.83. The number of halogens is 1. The molecule has 2 aromatic carbocycles. The van der Waals surface area contributed by atoms with Crippen molar-refractivity contribution in [3.05, 3.63) is 101 Å². The van der Waals surface area contributed by atoms with Crippen LogP contribution in [0, 0.1) is 5.82 Å². The van der Waals surface area contributed by atoms with Crippen LogP contribution in [-0.4, -0.2) is 16.1 Å². The molecule has 0 aliphatic rings. The second-order valence-corrected chi connectivity index (χ2v) is 6.93. The van der Waals surface area contributed by atoms with E-state index in [9.17, 15) is 14.0 Å². The third-order valence-electron chi connectivity index (χ3n) is 5.05. The molecule has 150 valence electrons. The van der Waals surface area contributed by atoms with E-state index >= 15 is 0 Å². The Kier molecular flexibility index (Phi) is 5.06. The molecule has 2 aromatic heterocycles. The van der Waals surface area contributed by atoms with Crippen molar-refractivity contribution in [2.45, 2.75) is 13.3 Å². The zero-order valence-corrected chi connectivity index (χ0v) is 16.4. The number of hydrogen-bond acceptors (Lipinski definition) is 3. The van der Waals surface area contributed by atoms with Gasteiger partial charge in [0.1, 0.15) is 11.5 Å². The number of fused-ring (bicyclic) bond motifs is 1. The highest BCUT2D eigenvalue weighted by Gasteiger charge is 2.26. The van der Waals surface area contributed by atoms with E-state index in [4.69, 9.17) is 5.73 Å². The molecule has 0 fully saturated rings. The zero-order chi connectivity index (χ0) is 21.3.